The number of fused-ring (bicyclic) bond motifs is 1. The number of hydrogen-bond acceptors (Lipinski definition) is 6. The van der Waals surface area contributed by atoms with Crippen LogP contribution in [0.5, 0.6) is 5.88 Å². The third-order valence-corrected chi connectivity index (χ3v) is 4.51. The molecule has 1 aromatic heterocycles. The number of aromatic amines is 1. The molecule has 0 radical (unpaired) electrons. The van der Waals surface area contributed by atoms with Gasteiger partial charge in [-0.3, -0.25) is 0 Å². The molecule has 1 atom stereocenters. The molecule has 1 aromatic carbocycles. The van der Waals surface area contributed by atoms with Crippen LogP contribution in [0, 0.1) is 39.9 Å². The van der Waals surface area contributed by atoms with Gasteiger partial charge in [0.25, 0.3) is 0 Å². The van der Waals surface area contributed by atoms with Gasteiger partial charge < -0.3 is 10.5 Å². The molecule has 7 heteroatoms. The third-order valence-electron chi connectivity index (χ3n) is 4.51. The fraction of sp³-hybridized carbons (Fsp3) is 0.222. The van der Waals surface area contributed by atoms with Crippen molar-refractivity contribution in [2.45, 2.75) is 19.3 Å². The Labute approximate surface area is 144 Å². The minimum absolute atomic E-state index is 0.0196. The number of benzene rings is 1. The molecule has 0 aliphatic carbocycles. The Morgan fingerprint density at radius 1 is 1.12 bits per heavy atom. The zero-order valence-electron chi connectivity index (χ0n) is 13.7. The van der Waals surface area contributed by atoms with E-state index in [1.807, 2.05) is 13.8 Å². The standard InChI is InChI=1S/C18H14N6O/c1-10(2)18(13-4-11(6-19)3-12(5-13)7-20)14(8-21)16(22)25-17-15(18)9-23-24-17/h3-5,9-10H,22H2,1-2H3,(H,23,24). The molecule has 2 heterocycles. The van der Waals surface area contributed by atoms with Crippen LogP contribution in [0.2, 0.25) is 0 Å². The Hall–Kier alpha value is -3.76. The minimum atomic E-state index is -0.974. The van der Waals surface area contributed by atoms with Gasteiger partial charge in [-0.25, -0.2) is 5.10 Å². The van der Waals surface area contributed by atoms with Gasteiger partial charge >= 0.3 is 0 Å². The van der Waals surface area contributed by atoms with Gasteiger partial charge in [0.15, 0.2) is 0 Å². The fourth-order valence-electron chi connectivity index (χ4n) is 3.48. The van der Waals surface area contributed by atoms with Crippen LogP contribution in [-0.4, -0.2) is 10.2 Å². The van der Waals surface area contributed by atoms with E-state index >= 15 is 0 Å². The van der Waals surface area contributed by atoms with Crippen LogP contribution < -0.4 is 10.5 Å². The highest BCUT2D eigenvalue weighted by molar-refractivity contribution is 5.61. The van der Waals surface area contributed by atoms with Gasteiger partial charge in [-0.1, -0.05) is 13.8 Å². The lowest BCUT2D eigenvalue weighted by Gasteiger charge is -2.40. The summed E-state index contributed by atoms with van der Waals surface area (Å²) in [4.78, 5) is 0. The molecule has 0 spiro atoms. The average molecular weight is 330 g/mol. The molecule has 2 aromatic rings. The van der Waals surface area contributed by atoms with E-state index in [9.17, 15) is 15.8 Å². The summed E-state index contributed by atoms with van der Waals surface area (Å²) in [7, 11) is 0. The Morgan fingerprint density at radius 3 is 2.28 bits per heavy atom. The van der Waals surface area contributed by atoms with Crippen molar-refractivity contribution in [2.24, 2.45) is 11.7 Å². The van der Waals surface area contributed by atoms with E-state index in [0.717, 1.165) is 0 Å². The zero-order chi connectivity index (χ0) is 18.2. The number of rotatable bonds is 2. The number of ether oxygens (including phenoxy) is 1. The first kappa shape index (κ1) is 16.1. The van der Waals surface area contributed by atoms with Gasteiger partial charge in [0.1, 0.15) is 11.6 Å². The lowest BCUT2D eigenvalue weighted by Crippen LogP contribution is -2.41. The Morgan fingerprint density at radius 2 is 1.76 bits per heavy atom. The summed E-state index contributed by atoms with van der Waals surface area (Å²) in [6, 6.07) is 11.1. The van der Waals surface area contributed by atoms with Gasteiger partial charge in [0.05, 0.1) is 40.4 Å². The van der Waals surface area contributed by atoms with Crippen molar-refractivity contribution >= 4 is 0 Å². The van der Waals surface area contributed by atoms with Crippen molar-refractivity contribution in [3.05, 3.63) is 58.1 Å². The fourth-order valence-corrected chi connectivity index (χ4v) is 3.48. The normalized spacial score (nSPS) is 18.7. The molecule has 3 rings (SSSR count). The number of allylic oxidation sites excluding steroid dienone is 1. The number of aromatic nitrogens is 2. The van der Waals surface area contributed by atoms with Crippen LogP contribution in [0.4, 0.5) is 0 Å². The first-order valence-corrected chi connectivity index (χ1v) is 7.56. The molecule has 0 bridgehead atoms. The minimum Gasteiger partial charge on any atom is -0.422 e. The second kappa shape index (κ2) is 5.70. The topological polar surface area (TPSA) is 135 Å². The van der Waals surface area contributed by atoms with Crippen LogP contribution in [-0.2, 0) is 5.41 Å². The van der Waals surface area contributed by atoms with Crippen LogP contribution in [0.1, 0.15) is 36.1 Å². The van der Waals surface area contributed by atoms with Crippen molar-refractivity contribution < 1.29 is 4.74 Å². The molecule has 3 N–H and O–H groups in total. The van der Waals surface area contributed by atoms with Crippen molar-refractivity contribution in [1.29, 1.82) is 15.8 Å². The quantitative estimate of drug-likeness (QED) is 0.866. The molecule has 0 saturated carbocycles. The van der Waals surface area contributed by atoms with E-state index in [1.165, 1.54) is 6.07 Å². The van der Waals surface area contributed by atoms with E-state index in [2.05, 4.69) is 28.4 Å². The molecule has 122 valence electrons. The lowest BCUT2D eigenvalue weighted by molar-refractivity contribution is 0.324. The van der Waals surface area contributed by atoms with Crippen LogP contribution in [0.25, 0.3) is 0 Å². The van der Waals surface area contributed by atoms with Gasteiger partial charge in [-0.15, -0.1) is 0 Å². The molecule has 0 saturated heterocycles. The van der Waals surface area contributed by atoms with Crippen molar-refractivity contribution in [1.82, 2.24) is 10.2 Å². The average Bonchev–Trinajstić information content (AvgIpc) is 3.07. The summed E-state index contributed by atoms with van der Waals surface area (Å²) in [5.41, 5.74) is 7.21. The summed E-state index contributed by atoms with van der Waals surface area (Å²) < 4.78 is 5.50. The second-order valence-electron chi connectivity index (χ2n) is 6.05. The molecular formula is C18H14N6O. The van der Waals surface area contributed by atoms with E-state index < -0.39 is 5.41 Å². The first-order chi connectivity index (χ1) is 12.0. The number of H-pyrrole nitrogens is 1. The second-order valence-corrected chi connectivity index (χ2v) is 6.05. The number of hydrogen-bond donors (Lipinski definition) is 2. The number of nitriles is 3. The van der Waals surface area contributed by atoms with Crippen LogP contribution in [0.3, 0.4) is 0 Å². The summed E-state index contributed by atoms with van der Waals surface area (Å²) in [5, 5.41) is 35.2. The highest BCUT2D eigenvalue weighted by atomic mass is 16.5. The van der Waals surface area contributed by atoms with E-state index in [4.69, 9.17) is 10.5 Å². The predicted molar refractivity (Wildman–Crippen MR) is 87.5 cm³/mol. The maximum absolute atomic E-state index is 9.79. The summed E-state index contributed by atoms with van der Waals surface area (Å²) in [5.74, 6) is 0.210. The van der Waals surface area contributed by atoms with E-state index in [1.54, 1.807) is 18.3 Å². The summed E-state index contributed by atoms with van der Waals surface area (Å²) in [6.07, 6.45) is 1.59. The highest BCUT2D eigenvalue weighted by Crippen LogP contribution is 2.51. The monoisotopic (exact) mass is 330 g/mol. The van der Waals surface area contributed by atoms with Crippen LogP contribution >= 0.6 is 0 Å². The summed E-state index contributed by atoms with van der Waals surface area (Å²) >= 11 is 0. The van der Waals surface area contributed by atoms with Gasteiger partial charge in [-0.2, -0.15) is 20.9 Å². The molecular weight excluding hydrogens is 316 g/mol. The SMILES string of the molecule is CC(C)C1(c2cc(C#N)cc(C#N)c2)C(C#N)=C(N)Oc2[nH]ncc21. The van der Waals surface area contributed by atoms with E-state index in [-0.39, 0.29) is 17.4 Å². The molecule has 25 heavy (non-hydrogen) atoms. The van der Waals surface area contributed by atoms with Gasteiger partial charge in [0.2, 0.25) is 11.8 Å². The maximum atomic E-state index is 9.79. The van der Waals surface area contributed by atoms with Crippen molar-refractivity contribution in [3.8, 4) is 24.1 Å². The Kier molecular flexibility index (Phi) is 3.68. The molecule has 1 aliphatic rings. The van der Waals surface area contributed by atoms with Crippen molar-refractivity contribution in [2.75, 3.05) is 0 Å². The first-order valence-electron chi connectivity index (χ1n) is 7.56. The van der Waals surface area contributed by atoms with E-state index in [0.29, 0.717) is 28.1 Å². The van der Waals surface area contributed by atoms with Crippen LogP contribution in [0.15, 0.2) is 35.9 Å². The van der Waals surface area contributed by atoms with Gasteiger partial charge in [-0.05, 0) is 29.7 Å². The lowest BCUT2D eigenvalue weighted by atomic mass is 9.62. The number of nitrogens with zero attached hydrogens (tertiary/aromatic N) is 4. The molecule has 1 aliphatic heterocycles. The largest absolute Gasteiger partial charge is 0.422 e. The van der Waals surface area contributed by atoms with Gasteiger partial charge in [0, 0.05) is 0 Å². The smallest absolute Gasteiger partial charge is 0.221 e. The number of nitrogens with one attached hydrogen (secondary N) is 1. The molecule has 0 amide bonds. The third kappa shape index (κ3) is 2.13. The highest BCUT2D eigenvalue weighted by Gasteiger charge is 2.49. The Balaban J connectivity index is 2.47. The molecule has 0 fully saturated rings. The molecule has 7 nitrogen and oxygen atoms in total. The summed E-state index contributed by atoms with van der Waals surface area (Å²) in [6.45, 7) is 3.88. The van der Waals surface area contributed by atoms with Crippen molar-refractivity contribution in [3.63, 3.8) is 0 Å². The molecule has 1 unspecified atom stereocenters. The number of nitrogens with two attached hydrogens (primary N) is 1. The zero-order valence-corrected chi connectivity index (χ0v) is 13.7. The predicted octanol–water partition coefficient (Wildman–Crippen LogP) is 2.18. The Bertz CT molecular complexity index is 979. The maximum Gasteiger partial charge on any atom is 0.221 e.